The van der Waals surface area contributed by atoms with Crippen molar-refractivity contribution >= 4 is 10.8 Å². The molecular weight excluding hydrogens is 364 g/mol. The van der Waals surface area contributed by atoms with E-state index in [9.17, 15) is 13.2 Å². The topological polar surface area (TPSA) is 0 Å². The molecule has 1 fully saturated rings. The molecule has 1 saturated carbocycles. The van der Waals surface area contributed by atoms with Gasteiger partial charge in [-0.2, -0.15) is 0 Å². The third-order valence-electron chi connectivity index (χ3n) is 6.17. The molecule has 0 unspecified atom stereocenters. The molecule has 0 radical (unpaired) electrons. The third kappa shape index (κ3) is 3.41. The molecule has 0 bridgehead atoms. The zero-order valence-electron chi connectivity index (χ0n) is 15.7. The zero-order valence-corrected chi connectivity index (χ0v) is 15.7. The van der Waals surface area contributed by atoms with E-state index in [0.29, 0.717) is 11.3 Å². The van der Waals surface area contributed by atoms with Crippen LogP contribution in [0.25, 0.3) is 21.9 Å². The van der Waals surface area contributed by atoms with Gasteiger partial charge in [0.15, 0.2) is 17.5 Å². The molecule has 3 aromatic rings. The number of fused-ring (bicyclic) bond motifs is 1. The van der Waals surface area contributed by atoms with Gasteiger partial charge in [-0.1, -0.05) is 43.7 Å². The second-order valence-electron chi connectivity index (χ2n) is 7.79. The van der Waals surface area contributed by atoms with E-state index in [4.69, 9.17) is 0 Å². The van der Waals surface area contributed by atoms with E-state index in [1.165, 1.54) is 30.9 Å². The van der Waals surface area contributed by atoms with Crippen molar-refractivity contribution in [3.63, 3.8) is 0 Å². The molecule has 28 heavy (non-hydrogen) atoms. The van der Waals surface area contributed by atoms with Crippen LogP contribution >= 0.6 is 0 Å². The fourth-order valence-corrected chi connectivity index (χ4v) is 4.40. The third-order valence-corrected chi connectivity index (χ3v) is 6.17. The molecule has 3 aromatic carbocycles. The summed E-state index contributed by atoms with van der Waals surface area (Å²) >= 11 is 0. The smallest absolute Gasteiger partial charge is 0.194 e. The Labute approximate surface area is 162 Å². The van der Waals surface area contributed by atoms with E-state index in [-0.39, 0.29) is 11.1 Å². The molecule has 0 N–H and O–H groups in total. The summed E-state index contributed by atoms with van der Waals surface area (Å²) in [6.07, 6.45) is 5.99. The van der Waals surface area contributed by atoms with Gasteiger partial charge in [-0.25, -0.2) is 17.6 Å². The van der Waals surface area contributed by atoms with E-state index in [1.807, 2.05) is 12.1 Å². The van der Waals surface area contributed by atoms with E-state index in [2.05, 4.69) is 6.92 Å². The molecule has 0 aliphatic heterocycles. The monoisotopic (exact) mass is 386 g/mol. The summed E-state index contributed by atoms with van der Waals surface area (Å²) in [5.74, 6) is -3.44. The second-order valence-corrected chi connectivity index (χ2v) is 7.79. The first-order valence-electron chi connectivity index (χ1n) is 9.85. The van der Waals surface area contributed by atoms with Gasteiger partial charge in [-0.05, 0) is 66.2 Å². The van der Waals surface area contributed by atoms with E-state index in [0.717, 1.165) is 36.3 Å². The maximum Gasteiger partial charge on any atom is 0.194 e. The van der Waals surface area contributed by atoms with Crippen LogP contribution in [0.1, 0.15) is 50.5 Å². The molecule has 0 amide bonds. The van der Waals surface area contributed by atoms with Crippen molar-refractivity contribution in [1.29, 1.82) is 0 Å². The highest BCUT2D eigenvalue weighted by atomic mass is 19.2. The zero-order chi connectivity index (χ0) is 19.8. The Morgan fingerprint density at radius 1 is 0.786 bits per heavy atom. The first kappa shape index (κ1) is 19.0. The molecule has 0 atom stereocenters. The molecule has 1 aliphatic carbocycles. The number of halogens is 4. The Balaban J connectivity index is 1.69. The number of benzene rings is 3. The van der Waals surface area contributed by atoms with Crippen LogP contribution < -0.4 is 0 Å². The van der Waals surface area contributed by atoms with Crippen LogP contribution in [0.4, 0.5) is 17.6 Å². The van der Waals surface area contributed by atoms with Gasteiger partial charge in [-0.3, -0.25) is 0 Å². The molecule has 0 aromatic heterocycles. The van der Waals surface area contributed by atoms with Crippen molar-refractivity contribution in [3.8, 4) is 11.1 Å². The molecule has 1 aliphatic rings. The summed E-state index contributed by atoms with van der Waals surface area (Å²) < 4.78 is 55.3. The quantitative estimate of drug-likeness (QED) is 0.319. The minimum absolute atomic E-state index is 0.0160. The first-order chi connectivity index (χ1) is 13.5. The lowest BCUT2D eigenvalue weighted by atomic mass is 9.77. The summed E-state index contributed by atoms with van der Waals surface area (Å²) in [6.45, 7) is 2.24. The molecule has 146 valence electrons. The lowest BCUT2D eigenvalue weighted by Crippen LogP contribution is -2.12. The van der Waals surface area contributed by atoms with Crippen molar-refractivity contribution in [2.24, 2.45) is 5.92 Å². The minimum Gasteiger partial charge on any atom is -0.206 e. The molecule has 0 heterocycles. The summed E-state index contributed by atoms with van der Waals surface area (Å²) in [4.78, 5) is 0. The number of rotatable bonds is 3. The maximum absolute atomic E-state index is 15.1. The van der Waals surface area contributed by atoms with E-state index < -0.39 is 23.3 Å². The van der Waals surface area contributed by atoms with Crippen molar-refractivity contribution in [3.05, 3.63) is 71.3 Å². The molecule has 4 rings (SSSR count). The minimum atomic E-state index is -1.55. The maximum atomic E-state index is 15.1. The fraction of sp³-hybridized carbons (Fsp3) is 0.333. The van der Waals surface area contributed by atoms with E-state index in [1.54, 1.807) is 12.1 Å². The van der Waals surface area contributed by atoms with Crippen LogP contribution in [0.15, 0.2) is 42.5 Å². The molecule has 0 spiro atoms. The summed E-state index contributed by atoms with van der Waals surface area (Å²) in [7, 11) is 0. The Bertz CT molecular complexity index is 994. The predicted octanol–water partition coefficient (Wildman–Crippen LogP) is 7.75. The van der Waals surface area contributed by atoms with Crippen LogP contribution in [-0.2, 0) is 0 Å². The van der Waals surface area contributed by atoms with Gasteiger partial charge in [0.05, 0.1) is 0 Å². The summed E-state index contributed by atoms with van der Waals surface area (Å²) in [5, 5.41) is 1.16. The molecular formula is C24H22F4. The second kappa shape index (κ2) is 7.57. The highest BCUT2D eigenvalue weighted by Gasteiger charge is 2.22. The lowest BCUT2D eigenvalue weighted by Gasteiger charge is -2.28. The van der Waals surface area contributed by atoms with Crippen LogP contribution in [0.3, 0.4) is 0 Å². The van der Waals surface area contributed by atoms with Gasteiger partial charge in [-0.15, -0.1) is 0 Å². The number of hydrogen-bond donors (Lipinski definition) is 0. The van der Waals surface area contributed by atoms with Crippen LogP contribution in [0.2, 0.25) is 0 Å². The first-order valence-corrected chi connectivity index (χ1v) is 9.85. The highest BCUT2D eigenvalue weighted by Crippen LogP contribution is 2.39. The lowest BCUT2D eigenvalue weighted by molar-refractivity contribution is 0.319. The average Bonchev–Trinajstić information content (AvgIpc) is 2.72. The SMILES string of the molecule is CCC1CCC(c2ccc3c(F)c(-c4cc(F)c(F)c(F)c4)ccc3c2)CC1. The van der Waals surface area contributed by atoms with Gasteiger partial charge in [0.25, 0.3) is 0 Å². The van der Waals surface area contributed by atoms with Crippen molar-refractivity contribution in [2.45, 2.75) is 44.9 Å². The number of hydrogen-bond acceptors (Lipinski definition) is 0. The van der Waals surface area contributed by atoms with Gasteiger partial charge < -0.3 is 0 Å². The van der Waals surface area contributed by atoms with Crippen LogP contribution in [0.5, 0.6) is 0 Å². The molecule has 4 heteroatoms. The Morgan fingerprint density at radius 2 is 1.46 bits per heavy atom. The Kier molecular flexibility index (Phi) is 5.13. The van der Waals surface area contributed by atoms with Crippen molar-refractivity contribution < 1.29 is 17.6 Å². The Morgan fingerprint density at radius 3 is 2.11 bits per heavy atom. The van der Waals surface area contributed by atoms with Gasteiger partial charge in [0.1, 0.15) is 5.82 Å². The highest BCUT2D eigenvalue weighted by molar-refractivity contribution is 5.89. The van der Waals surface area contributed by atoms with Crippen LogP contribution in [0, 0.1) is 29.2 Å². The largest absolute Gasteiger partial charge is 0.206 e. The molecule has 0 nitrogen and oxygen atoms in total. The fourth-order valence-electron chi connectivity index (χ4n) is 4.40. The Hall–Kier alpha value is -2.36. The van der Waals surface area contributed by atoms with Gasteiger partial charge in [0, 0.05) is 10.9 Å². The van der Waals surface area contributed by atoms with Crippen molar-refractivity contribution in [1.82, 2.24) is 0 Å². The summed E-state index contributed by atoms with van der Waals surface area (Å²) in [6, 6.07) is 10.6. The predicted molar refractivity (Wildman–Crippen MR) is 104 cm³/mol. The van der Waals surface area contributed by atoms with E-state index >= 15 is 4.39 Å². The van der Waals surface area contributed by atoms with Crippen molar-refractivity contribution in [2.75, 3.05) is 0 Å². The standard InChI is InChI=1S/C24H22F4/c1-2-14-3-5-15(6-4-14)16-7-9-19-17(11-16)8-10-20(23(19)27)18-12-21(25)24(28)22(26)13-18/h7-15H,2-6H2,1H3. The summed E-state index contributed by atoms with van der Waals surface area (Å²) in [5.41, 5.74) is 1.26. The molecule has 0 saturated heterocycles. The normalized spacial score (nSPS) is 19.9. The average molecular weight is 386 g/mol. The van der Waals surface area contributed by atoms with Gasteiger partial charge in [0.2, 0.25) is 0 Å². The van der Waals surface area contributed by atoms with Crippen LogP contribution in [-0.4, -0.2) is 0 Å². The van der Waals surface area contributed by atoms with Gasteiger partial charge >= 0.3 is 0 Å².